The SMILES string of the molecule is CC(C)(C)c1ccc(C(C)(C)C)c(-n2c(=O)c3cc4cccc5c6cccc7cccc(c76)c(c3c2=O)c45)c1. The number of aromatic nitrogens is 1. The van der Waals surface area contributed by atoms with E-state index in [1.165, 1.54) is 9.95 Å². The van der Waals surface area contributed by atoms with Gasteiger partial charge in [0.05, 0.1) is 16.5 Å². The maximum atomic E-state index is 14.5. The summed E-state index contributed by atoms with van der Waals surface area (Å²) in [5, 5.41) is 9.48. The summed E-state index contributed by atoms with van der Waals surface area (Å²) in [6, 6.07) is 27.0. The van der Waals surface area contributed by atoms with Gasteiger partial charge in [0.2, 0.25) is 0 Å². The zero-order chi connectivity index (χ0) is 27.4. The molecule has 0 saturated heterocycles. The summed E-state index contributed by atoms with van der Waals surface area (Å²) in [5.41, 5.74) is 1.89. The molecule has 0 aliphatic rings. The van der Waals surface area contributed by atoms with Gasteiger partial charge in [0.25, 0.3) is 11.1 Å². The van der Waals surface area contributed by atoms with E-state index < -0.39 is 0 Å². The predicted octanol–water partition coefficient (Wildman–Crippen LogP) is 8.43. The molecule has 7 aromatic rings. The van der Waals surface area contributed by atoms with Crippen LogP contribution in [0, 0.1) is 0 Å². The van der Waals surface area contributed by atoms with E-state index in [9.17, 15) is 9.59 Å². The second-order valence-corrected chi connectivity index (χ2v) is 13.0. The van der Waals surface area contributed by atoms with Crippen molar-refractivity contribution in [3.05, 3.63) is 111 Å². The molecule has 3 heteroatoms. The van der Waals surface area contributed by atoms with Crippen molar-refractivity contribution < 1.29 is 0 Å². The number of hydrogen-bond donors (Lipinski definition) is 0. The van der Waals surface area contributed by atoms with Crippen LogP contribution in [0.2, 0.25) is 0 Å². The van der Waals surface area contributed by atoms with Crippen molar-refractivity contribution in [1.82, 2.24) is 4.57 Å². The molecule has 0 bridgehead atoms. The zero-order valence-electron chi connectivity index (χ0n) is 23.3. The lowest BCUT2D eigenvalue weighted by Gasteiger charge is -2.26. The van der Waals surface area contributed by atoms with Crippen molar-refractivity contribution in [2.24, 2.45) is 0 Å². The summed E-state index contributed by atoms with van der Waals surface area (Å²) < 4.78 is 1.44. The Morgan fingerprint density at radius 2 is 1.13 bits per heavy atom. The molecule has 3 nitrogen and oxygen atoms in total. The van der Waals surface area contributed by atoms with Gasteiger partial charge >= 0.3 is 0 Å². The average Bonchev–Trinajstić information content (AvgIpc) is 3.14. The van der Waals surface area contributed by atoms with E-state index in [0.717, 1.165) is 48.8 Å². The van der Waals surface area contributed by atoms with Gasteiger partial charge in [-0.2, -0.15) is 0 Å². The Kier molecular flexibility index (Phi) is 4.69. The summed E-state index contributed by atoms with van der Waals surface area (Å²) in [6.45, 7) is 12.8. The van der Waals surface area contributed by atoms with E-state index in [0.29, 0.717) is 16.5 Å². The van der Waals surface area contributed by atoms with Crippen LogP contribution < -0.4 is 11.1 Å². The van der Waals surface area contributed by atoms with Crippen LogP contribution in [0.15, 0.2) is 88.5 Å². The smallest absolute Gasteiger partial charge is 0.266 e. The van der Waals surface area contributed by atoms with Crippen molar-refractivity contribution in [3.8, 4) is 5.69 Å². The molecule has 0 spiro atoms. The fourth-order valence-electron chi connectivity index (χ4n) is 6.48. The molecule has 39 heavy (non-hydrogen) atoms. The van der Waals surface area contributed by atoms with E-state index >= 15 is 0 Å². The normalized spacial score (nSPS) is 13.1. The van der Waals surface area contributed by atoms with E-state index in [2.05, 4.69) is 102 Å². The highest BCUT2D eigenvalue weighted by atomic mass is 16.2. The van der Waals surface area contributed by atoms with Gasteiger partial charge in [-0.05, 0) is 71.8 Å². The minimum atomic E-state index is -0.252. The second kappa shape index (κ2) is 7.66. The van der Waals surface area contributed by atoms with Crippen LogP contribution in [0.5, 0.6) is 0 Å². The Balaban J connectivity index is 1.74. The number of hydrogen-bond acceptors (Lipinski definition) is 2. The molecule has 0 N–H and O–H groups in total. The van der Waals surface area contributed by atoms with Crippen LogP contribution in [-0.2, 0) is 10.8 Å². The molecule has 192 valence electrons. The topological polar surface area (TPSA) is 39.1 Å². The van der Waals surface area contributed by atoms with Gasteiger partial charge < -0.3 is 0 Å². The van der Waals surface area contributed by atoms with Crippen molar-refractivity contribution in [2.45, 2.75) is 52.4 Å². The molecular formula is C36H31NO2. The molecule has 0 fully saturated rings. The van der Waals surface area contributed by atoms with Gasteiger partial charge in [0, 0.05) is 5.39 Å². The summed E-state index contributed by atoms with van der Waals surface area (Å²) in [7, 11) is 0. The summed E-state index contributed by atoms with van der Waals surface area (Å²) in [4.78, 5) is 28.8. The number of fused-ring (bicyclic) bond motifs is 4. The van der Waals surface area contributed by atoms with E-state index in [1.54, 1.807) is 0 Å². The second-order valence-electron chi connectivity index (χ2n) is 13.0. The minimum Gasteiger partial charge on any atom is -0.268 e. The molecule has 0 aliphatic heterocycles. The van der Waals surface area contributed by atoms with Crippen LogP contribution in [0.25, 0.3) is 59.5 Å². The molecule has 0 aliphatic carbocycles. The lowest BCUT2D eigenvalue weighted by molar-refractivity contribution is 0.572. The van der Waals surface area contributed by atoms with E-state index in [-0.39, 0.29) is 21.9 Å². The Bertz CT molecular complexity index is 2220. The van der Waals surface area contributed by atoms with Crippen molar-refractivity contribution in [3.63, 3.8) is 0 Å². The van der Waals surface area contributed by atoms with Gasteiger partial charge in [0.1, 0.15) is 0 Å². The molecule has 0 unspecified atom stereocenters. The van der Waals surface area contributed by atoms with E-state index in [4.69, 9.17) is 0 Å². The molecular weight excluding hydrogens is 478 g/mol. The first-order valence-electron chi connectivity index (χ1n) is 13.6. The highest BCUT2D eigenvalue weighted by Gasteiger charge is 2.27. The monoisotopic (exact) mass is 509 g/mol. The maximum Gasteiger partial charge on any atom is 0.266 e. The van der Waals surface area contributed by atoms with Crippen molar-refractivity contribution >= 4 is 53.9 Å². The molecule has 1 aromatic heterocycles. The lowest BCUT2D eigenvalue weighted by Crippen LogP contribution is -2.28. The molecule has 0 radical (unpaired) electrons. The van der Waals surface area contributed by atoms with Gasteiger partial charge in [-0.25, -0.2) is 4.57 Å². The maximum absolute atomic E-state index is 14.5. The average molecular weight is 510 g/mol. The first kappa shape index (κ1) is 23.8. The Hall–Kier alpha value is -4.24. The van der Waals surface area contributed by atoms with Gasteiger partial charge in [-0.3, -0.25) is 9.59 Å². The van der Waals surface area contributed by atoms with Crippen LogP contribution in [0.4, 0.5) is 0 Å². The quantitative estimate of drug-likeness (QED) is 0.165. The predicted molar refractivity (Wildman–Crippen MR) is 166 cm³/mol. The van der Waals surface area contributed by atoms with Crippen LogP contribution in [0.3, 0.4) is 0 Å². The third-order valence-corrected chi connectivity index (χ3v) is 8.39. The molecule has 7 rings (SSSR count). The fraction of sp³-hybridized carbons (Fsp3) is 0.222. The highest BCUT2D eigenvalue weighted by molar-refractivity contribution is 6.37. The van der Waals surface area contributed by atoms with Gasteiger partial charge in [-0.15, -0.1) is 0 Å². The first-order chi connectivity index (χ1) is 18.5. The molecule has 0 amide bonds. The molecule has 6 aromatic carbocycles. The summed E-state index contributed by atoms with van der Waals surface area (Å²) in [6.07, 6.45) is 0. The van der Waals surface area contributed by atoms with Crippen LogP contribution in [0.1, 0.15) is 52.7 Å². The third-order valence-electron chi connectivity index (χ3n) is 8.39. The van der Waals surface area contributed by atoms with Crippen molar-refractivity contribution in [2.75, 3.05) is 0 Å². The number of rotatable bonds is 1. The summed E-state index contributed by atoms with van der Waals surface area (Å²) in [5.74, 6) is 0. The zero-order valence-corrected chi connectivity index (χ0v) is 23.3. The third kappa shape index (κ3) is 3.22. The Morgan fingerprint density at radius 1 is 0.513 bits per heavy atom. The fourth-order valence-corrected chi connectivity index (χ4v) is 6.48. The van der Waals surface area contributed by atoms with Crippen LogP contribution in [-0.4, -0.2) is 4.57 Å². The highest BCUT2D eigenvalue weighted by Crippen LogP contribution is 2.42. The molecule has 0 atom stereocenters. The van der Waals surface area contributed by atoms with E-state index in [1.807, 2.05) is 18.2 Å². The summed E-state index contributed by atoms with van der Waals surface area (Å²) >= 11 is 0. The Morgan fingerprint density at radius 3 is 1.77 bits per heavy atom. The number of benzene rings is 6. The lowest BCUT2D eigenvalue weighted by atomic mass is 9.81. The molecule has 1 heterocycles. The van der Waals surface area contributed by atoms with Gasteiger partial charge in [0.15, 0.2) is 0 Å². The Labute approximate surface area is 227 Å². The minimum absolute atomic E-state index is 0.126. The van der Waals surface area contributed by atoms with Crippen molar-refractivity contribution in [1.29, 1.82) is 0 Å². The first-order valence-corrected chi connectivity index (χ1v) is 13.6. The number of nitrogens with zero attached hydrogens (tertiary/aromatic N) is 1. The van der Waals surface area contributed by atoms with Crippen LogP contribution >= 0.6 is 0 Å². The molecule has 0 saturated carbocycles. The van der Waals surface area contributed by atoms with Gasteiger partial charge in [-0.1, -0.05) is 108 Å². The largest absolute Gasteiger partial charge is 0.268 e. The standard InChI is InChI=1S/C36H31NO2/c1-35(2,3)22-16-17-27(36(4,5)6)28(19-22)37-33(38)26-18-21-12-9-14-24-23-13-7-10-20-11-8-15-25(29(20)23)31(30(21)24)32(26)34(37)39/h7-19H,1-6H3.